The quantitative estimate of drug-likeness (QED) is 0.874. The molecule has 0 bridgehead atoms. The van der Waals surface area contributed by atoms with E-state index in [9.17, 15) is 5.11 Å². The first-order valence-corrected chi connectivity index (χ1v) is 6.22. The van der Waals surface area contributed by atoms with Gasteiger partial charge in [0.2, 0.25) is 0 Å². The van der Waals surface area contributed by atoms with E-state index in [2.05, 4.69) is 12.2 Å². The Morgan fingerprint density at radius 2 is 2.00 bits per heavy atom. The van der Waals surface area contributed by atoms with Crippen LogP contribution in [0.15, 0.2) is 18.2 Å². The van der Waals surface area contributed by atoms with Crippen LogP contribution in [0.1, 0.15) is 31.4 Å². The number of nitrogens with one attached hydrogen (secondary N) is 1. The molecule has 2 nitrogen and oxygen atoms in total. The highest BCUT2D eigenvalue weighted by atomic mass is 35.5. The van der Waals surface area contributed by atoms with Crippen molar-refractivity contribution in [3.8, 4) is 0 Å². The SMILES string of the molecule is CC1CCC(C(O)c2ccc(Cl)c(Cl)c2)N1.Cl. The average molecular weight is 297 g/mol. The van der Waals surface area contributed by atoms with E-state index in [0.717, 1.165) is 18.4 Å². The van der Waals surface area contributed by atoms with E-state index in [4.69, 9.17) is 23.2 Å². The van der Waals surface area contributed by atoms with Gasteiger partial charge in [0.05, 0.1) is 16.1 Å². The standard InChI is InChI=1S/C12H15Cl2NO.ClH/c1-7-2-5-11(15-7)12(16)8-3-4-9(13)10(14)6-8;/h3-4,6-7,11-12,15-16H,2,5H2,1H3;1H. The monoisotopic (exact) mass is 295 g/mol. The molecule has 3 unspecified atom stereocenters. The third-order valence-electron chi connectivity index (χ3n) is 3.08. The zero-order chi connectivity index (χ0) is 11.7. The summed E-state index contributed by atoms with van der Waals surface area (Å²) in [6, 6.07) is 5.87. The van der Waals surface area contributed by atoms with Crippen LogP contribution in [0, 0.1) is 0 Å². The smallest absolute Gasteiger partial charge is 0.0943 e. The Morgan fingerprint density at radius 3 is 2.53 bits per heavy atom. The average Bonchev–Trinajstić information content (AvgIpc) is 2.68. The lowest BCUT2D eigenvalue weighted by atomic mass is 10.0. The Bertz CT molecular complexity index is 386. The molecule has 2 rings (SSSR count). The second kappa shape index (κ2) is 6.26. The Morgan fingerprint density at radius 1 is 1.29 bits per heavy atom. The van der Waals surface area contributed by atoms with Gasteiger partial charge in [-0.1, -0.05) is 29.3 Å². The first kappa shape index (κ1) is 15.1. The molecule has 0 aromatic heterocycles. The van der Waals surface area contributed by atoms with Gasteiger partial charge in [-0.3, -0.25) is 0 Å². The molecule has 5 heteroatoms. The lowest BCUT2D eigenvalue weighted by Crippen LogP contribution is -2.32. The summed E-state index contributed by atoms with van der Waals surface area (Å²) in [5.41, 5.74) is 0.820. The molecule has 1 aliphatic rings. The molecule has 0 spiro atoms. The molecule has 2 N–H and O–H groups in total. The third kappa shape index (κ3) is 3.49. The molecule has 0 aliphatic carbocycles. The van der Waals surface area contributed by atoms with E-state index in [1.807, 2.05) is 6.07 Å². The van der Waals surface area contributed by atoms with E-state index < -0.39 is 6.10 Å². The highest BCUT2D eigenvalue weighted by molar-refractivity contribution is 6.42. The van der Waals surface area contributed by atoms with Crippen LogP contribution < -0.4 is 5.32 Å². The van der Waals surface area contributed by atoms with Gasteiger partial charge < -0.3 is 10.4 Å². The number of halogens is 3. The number of benzene rings is 1. The molecule has 0 radical (unpaired) electrons. The van der Waals surface area contributed by atoms with Crippen molar-refractivity contribution in [3.05, 3.63) is 33.8 Å². The number of aliphatic hydroxyl groups excluding tert-OH is 1. The molecule has 3 atom stereocenters. The predicted molar refractivity (Wildman–Crippen MR) is 74.3 cm³/mol. The van der Waals surface area contributed by atoms with Crippen LogP contribution in [0.2, 0.25) is 10.0 Å². The summed E-state index contributed by atoms with van der Waals surface area (Å²) in [4.78, 5) is 0. The second-order valence-electron chi connectivity index (χ2n) is 4.37. The van der Waals surface area contributed by atoms with Gasteiger partial charge in [-0.15, -0.1) is 12.4 Å². The first-order chi connectivity index (χ1) is 7.58. The van der Waals surface area contributed by atoms with Gasteiger partial charge in [-0.25, -0.2) is 0 Å². The maximum Gasteiger partial charge on any atom is 0.0943 e. The number of hydrogen-bond acceptors (Lipinski definition) is 2. The van der Waals surface area contributed by atoms with Crippen molar-refractivity contribution in [2.75, 3.05) is 0 Å². The fourth-order valence-corrected chi connectivity index (χ4v) is 2.45. The Kier molecular flexibility index (Phi) is 5.55. The lowest BCUT2D eigenvalue weighted by molar-refractivity contribution is 0.135. The van der Waals surface area contributed by atoms with Crippen molar-refractivity contribution in [1.82, 2.24) is 5.32 Å². The van der Waals surface area contributed by atoms with Crippen molar-refractivity contribution in [2.45, 2.75) is 38.0 Å². The Balaban J connectivity index is 0.00000144. The molecule has 17 heavy (non-hydrogen) atoms. The highest BCUT2D eigenvalue weighted by Gasteiger charge is 2.27. The van der Waals surface area contributed by atoms with Gasteiger partial charge in [0, 0.05) is 12.1 Å². The molecule has 1 aliphatic heterocycles. The molecule has 1 aromatic rings. The van der Waals surface area contributed by atoms with Crippen molar-refractivity contribution < 1.29 is 5.11 Å². The minimum Gasteiger partial charge on any atom is -0.387 e. The summed E-state index contributed by atoms with van der Waals surface area (Å²) in [6.07, 6.45) is 1.57. The van der Waals surface area contributed by atoms with E-state index >= 15 is 0 Å². The van der Waals surface area contributed by atoms with Gasteiger partial charge in [0.1, 0.15) is 0 Å². The van der Waals surface area contributed by atoms with Crippen LogP contribution in [0.4, 0.5) is 0 Å². The summed E-state index contributed by atoms with van der Waals surface area (Å²) < 4.78 is 0. The highest BCUT2D eigenvalue weighted by Crippen LogP contribution is 2.29. The summed E-state index contributed by atoms with van der Waals surface area (Å²) in [5, 5.41) is 14.6. The molecule has 96 valence electrons. The third-order valence-corrected chi connectivity index (χ3v) is 3.81. The Hall–Kier alpha value is 0.01000. The van der Waals surface area contributed by atoms with Crippen LogP contribution in [-0.2, 0) is 0 Å². The fraction of sp³-hybridized carbons (Fsp3) is 0.500. The number of hydrogen-bond donors (Lipinski definition) is 2. The molecule has 1 fully saturated rings. The van der Waals surface area contributed by atoms with E-state index in [1.165, 1.54) is 0 Å². The Labute approximate surface area is 118 Å². The van der Waals surface area contributed by atoms with Gasteiger partial charge in [-0.2, -0.15) is 0 Å². The summed E-state index contributed by atoms with van der Waals surface area (Å²) in [6.45, 7) is 2.13. The molecule has 1 heterocycles. The second-order valence-corrected chi connectivity index (χ2v) is 5.18. The van der Waals surface area contributed by atoms with Gasteiger partial charge in [-0.05, 0) is 37.5 Å². The van der Waals surface area contributed by atoms with Gasteiger partial charge >= 0.3 is 0 Å². The largest absolute Gasteiger partial charge is 0.387 e. The van der Waals surface area contributed by atoms with Gasteiger partial charge in [0.15, 0.2) is 0 Å². The molecule has 0 amide bonds. The van der Waals surface area contributed by atoms with E-state index in [0.29, 0.717) is 16.1 Å². The van der Waals surface area contributed by atoms with Crippen LogP contribution >= 0.6 is 35.6 Å². The predicted octanol–water partition coefficient (Wildman–Crippen LogP) is 3.59. The molecular weight excluding hydrogens is 280 g/mol. The normalized spacial score (nSPS) is 25.4. The first-order valence-electron chi connectivity index (χ1n) is 5.47. The van der Waals surface area contributed by atoms with Crippen molar-refractivity contribution >= 4 is 35.6 Å². The van der Waals surface area contributed by atoms with Crippen molar-refractivity contribution in [2.24, 2.45) is 0 Å². The van der Waals surface area contributed by atoms with Gasteiger partial charge in [0.25, 0.3) is 0 Å². The maximum atomic E-state index is 10.2. The van der Waals surface area contributed by atoms with E-state index in [1.54, 1.807) is 12.1 Å². The van der Waals surface area contributed by atoms with Crippen LogP contribution in [-0.4, -0.2) is 17.2 Å². The number of aliphatic hydroxyl groups is 1. The summed E-state index contributed by atoms with van der Waals surface area (Å²) in [7, 11) is 0. The lowest BCUT2D eigenvalue weighted by Gasteiger charge is -2.19. The minimum absolute atomic E-state index is 0. The minimum atomic E-state index is -0.514. The zero-order valence-electron chi connectivity index (χ0n) is 9.49. The maximum absolute atomic E-state index is 10.2. The van der Waals surface area contributed by atoms with Crippen LogP contribution in [0.25, 0.3) is 0 Å². The van der Waals surface area contributed by atoms with Crippen LogP contribution in [0.5, 0.6) is 0 Å². The molecule has 0 saturated carbocycles. The molecular formula is C12H16Cl3NO. The van der Waals surface area contributed by atoms with E-state index in [-0.39, 0.29) is 18.4 Å². The van der Waals surface area contributed by atoms with Crippen LogP contribution in [0.3, 0.4) is 0 Å². The van der Waals surface area contributed by atoms with Crippen molar-refractivity contribution in [3.63, 3.8) is 0 Å². The summed E-state index contributed by atoms with van der Waals surface area (Å²) in [5.74, 6) is 0. The van der Waals surface area contributed by atoms with Crippen molar-refractivity contribution in [1.29, 1.82) is 0 Å². The zero-order valence-corrected chi connectivity index (χ0v) is 11.8. The number of rotatable bonds is 2. The molecule has 1 saturated heterocycles. The fourth-order valence-electron chi connectivity index (χ4n) is 2.14. The summed E-state index contributed by atoms with van der Waals surface area (Å²) >= 11 is 11.8. The topological polar surface area (TPSA) is 32.3 Å². The molecule has 1 aromatic carbocycles.